The fourth-order valence-corrected chi connectivity index (χ4v) is 4.21. The van der Waals surface area contributed by atoms with E-state index in [-0.39, 0.29) is 56.9 Å². The lowest BCUT2D eigenvalue weighted by Gasteiger charge is -2.24. The SMILES string of the molecule is CCc1ccc(NC(=O)[C@H](CCCNC(N)=O)CC(=O)[C@@H](NC(=O)OCCOCCN2C(=O)C=CC2=O)C(C)C)cc1. The molecular formula is C29H41N5O8. The van der Waals surface area contributed by atoms with Gasteiger partial charge in [-0.05, 0) is 42.9 Å². The van der Waals surface area contributed by atoms with Crippen molar-refractivity contribution in [1.82, 2.24) is 15.5 Å². The summed E-state index contributed by atoms with van der Waals surface area (Å²) >= 11 is 0. The van der Waals surface area contributed by atoms with E-state index in [0.717, 1.165) is 16.9 Å². The minimum absolute atomic E-state index is 0.0260. The maximum Gasteiger partial charge on any atom is 0.407 e. The molecule has 13 nitrogen and oxygen atoms in total. The highest BCUT2D eigenvalue weighted by molar-refractivity contribution is 6.12. The molecule has 0 unspecified atom stereocenters. The molecule has 0 fully saturated rings. The number of imide groups is 1. The molecule has 2 rings (SSSR count). The first-order valence-corrected chi connectivity index (χ1v) is 14.0. The van der Waals surface area contributed by atoms with Gasteiger partial charge in [0.15, 0.2) is 5.78 Å². The van der Waals surface area contributed by atoms with Gasteiger partial charge in [0, 0.05) is 36.7 Å². The predicted molar refractivity (Wildman–Crippen MR) is 154 cm³/mol. The van der Waals surface area contributed by atoms with Gasteiger partial charge >= 0.3 is 12.1 Å². The van der Waals surface area contributed by atoms with Gasteiger partial charge in [0.1, 0.15) is 6.61 Å². The molecule has 0 aromatic heterocycles. The van der Waals surface area contributed by atoms with E-state index in [0.29, 0.717) is 18.5 Å². The standard InChI is InChI=1S/C29H41N5O8/c1-4-20-7-9-22(10-8-20)32-27(38)21(6-5-13-31-28(30)39)18-23(35)26(19(2)3)33-29(40)42-17-16-41-15-14-34-24(36)11-12-25(34)37/h7-12,19,21,26H,4-6,13-18H2,1-3H3,(H,32,38)(H,33,40)(H3,30,31,39)/t21-,26+/m1/s1. The molecule has 230 valence electrons. The Labute approximate surface area is 245 Å². The monoisotopic (exact) mass is 587 g/mol. The second-order valence-electron chi connectivity index (χ2n) is 10.1. The summed E-state index contributed by atoms with van der Waals surface area (Å²) in [5.74, 6) is -2.49. The lowest BCUT2D eigenvalue weighted by Crippen LogP contribution is -2.46. The molecule has 0 saturated carbocycles. The number of amides is 6. The van der Waals surface area contributed by atoms with Crippen LogP contribution in [0.2, 0.25) is 0 Å². The van der Waals surface area contributed by atoms with Crippen LogP contribution in [0.25, 0.3) is 0 Å². The van der Waals surface area contributed by atoms with Crippen LogP contribution in [0.1, 0.15) is 45.6 Å². The Kier molecular flexibility index (Phi) is 14.2. The van der Waals surface area contributed by atoms with E-state index in [1.54, 1.807) is 26.0 Å². The molecule has 0 bridgehead atoms. The maximum atomic E-state index is 13.3. The molecular weight excluding hydrogens is 546 g/mol. The number of rotatable bonds is 18. The van der Waals surface area contributed by atoms with Crippen molar-refractivity contribution in [2.45, 2.75) is 52.5 Å². The van der Waals surface area contributed by atoms with Gasteiger partial charge in [-0.3, -0.25) is 24.1 Å². The molecule has 1 aromatic carbocycles. The molecule has 2 atom stereocenters. The number of Topliss-reactive ketones (excluding diaryl/α,β-unsaturated/α-hetero) is 1. The summed E-state index contributed by atoms with van der Waals surface area (Å²) in [6.07, 6.45) is 3.00. The van der Waals surface area contributed by atoms with E-state index in [9.17, 15) is 28.8 Å². The number of alkyl carbamates (subject to hydrolysis) is 1. The number of carbonyl (C=O) groups excluding carboxylic acids is 6. The third kappa shape index (κ3) is 11.7. The molecule has 5 N–H and O–H groups in total. The number of primary amides is 1. The third-order valence-corrected chi connectivity index (χ3v) is 6.58. The van der Waals surface area contributed by atoms with Crippen LogP contribution in [0.5, 0.6) is 0 Å². The third-order valence-electron chi connectivity index (χ3n) is 6.58. The summed E-state index contributed by atoms with van der Waals surface area (Å²) in [6.45, 7) is 5.89. The smallest absolute Gasteiger partial charge is 0.407 e. The number of aryl methyl sites for hydroxylation is 1. The minimum Gasteiger partial charge on any atom is -0.447 e. The van der Waals surface area contributed by atoms with Crippen molar-refractivity contribution in [3.8, 4) is 0 Å². The highest BCUT2D eigenvalue weighted by atomic mass is 16.6. The summed E-state index contributed by atoms with van der Waals surface area (Å²) in [4.78, 5) is 73.9. The molecule has 0 radical (unpaired) electrons. The maximum absolute atomic E-state index is 13.3. The van der Waals surface area contributed by atoms with Crippen molar-refractivity contribution in [1.29, 1.82) is 0 Å². The number of ketones is 1. The Bertz CT molecular complexity index is 1120. The first-order valence-electron chi connectivity index (χ1n) is 14.0. The van der Waals surface area contributed by atoms with Crippen molar-refractivity contribution in [3.63, 3.8) is 0 Å². The minimum atomic E-state index is -0.902. The normalized spacial score (nSPS) is 14.0. The molecule has 0 aliphatic carbocycles. The van der Waals surface area contributed by atoms with Gasteiger partial charge in [-0.1, -0.05) is 32.9 Å². The molecule has 0 saturated heterocycles. The summed E-state index contributed by atoms with van der Waals surface area (Å²) in [5.41, 5.74) is 6.84. The van der Waals surface area contributed by atoms with Gasteiger partial charge < -0.3 is 31.2 Å². The van der Waals surface area contributed by atoms with Crippen LogP contribution in [0.4, 0.5) is 15.3 Å². The number of ether oxygens (including phenoxy) is 2. The summed E-state index contributed by atoms with van der Waals surface area (Å²) in [5, 5.41) is 7.90. The van der Waals surface area contributed by atoms with Crippen LogP contribution in [-0.2, 0) is 35.1 Å². The zero-order valence-electron chi connectivity index (χ0n) is 24.4. The van der Waals surface area contributed by atoms with Crippen molar-refractivity contribution >= 4 is 41.3 Å². The number of nitrogens with two attached hydrogens (primary N) is 1. The van der Waals surface area contributed by atoms with Crippen molar-refractivity contribution in [2.24, 2.45) is 17.6 Å². The number of hydrogen-bond donors (Lipinski definition) is 4. The Morgan fingerprint density at radius 1 is 0.976 bits per heavy atom. The zero-order chi connectivity index (χ0) is 31.1. The Hall–Kier alpha value is -4.26. The molecule has 1 heterocycles. The van der Waals surface area contributed by atoms with Gasteiger partial charge in [-0.15, -0.1) is 0 Å². The lowest BCUT2D eigenvalue weighted by atomic mass is 9.89. The molecule has 6 amide bonds. The molecule has 42 heavy (non-hydrogen) atoms. The Morgan fingerprint density at radius 2 is 1.64 bits per heavy atom. The second-order valence-corrected chi connectivity index (χ2v) is 10.1. The van der Waals surface area contributed by atoms with Crippen LogP contribution in [0.15, 0.2) is 36.4 Å². The van der Waals surface area contributed by atoms with E-state index in [4.69, 9.17) is 15.2 Å². The van der Waals surface area contributed by atoms with E-state index in [2.05, 4.69) is 16.0 Å². The fourth-order valence-electron chi connectivity index (χ4n) is 4.21. The highest BCUT2D eigenvalue weighted by Gasteiger charge is 2.30. The number of urea groups is 1. The van der Waals surface area contributed by atoms with E-state index in [1.807, 2.05) is 19.1 Å². The quantitative estimate of drug-likeness (QED) is 0.148. The summed E-state index contributed by atoms with van der Waals surface area (Å²) < 4.78 is 10.4. The summed E-state index contributed by atoms with van der Waals surface area (Å²) in [6, 6.07) is 5.84. The van der Waals surface area contributed by atoms with E-state index < -0.39 is 35.9 Å². The Balaban J connectivity index is 1.88. The second kappa shape index (κ2) is 17.5. The van der Waals surface area contributed by atoms with Gasteiger partial charge in [0.25, 0.3) is 11.8 Å². The molecule has 1 aromatic rings. The van der Waals surface area contributed by atoms with Crippen molar-refractivity contribution in [3.05, 3.63) is 42.0 Å². The van der Waals surface area contributed by atoms with Crippen LogP contribution >= 0.6 is 0 Å². The van der Waals surface area contributed by atoms with Gasteiger partial charge in [-0.25, -0.2) is 9.59 Å². The van der Waals surface area contributed by atoms with Gasteiger partial charge in [0.2, 0.25) is 5.91 Å². The van der Waals surface area contributed by atoms with Crippen LogP contribution < -0.4 is 21.7 Å². The number of carbonyl (C=O) groups is 6. The lowest BCUT2D eigenvalue weighted by molar-refractivity contribution is -0.137. The summed E-state index contributed by atoms with van der Waals surface area (Å²) in [7, 11) is 0. The average Bonchev–Trinajstić information content (AvgIpc) is 3.27. The average molecular weight is 588 g/mol. The van der Waals surface area contributed by atoms with E-state index >= 15 is 0 Å². The number of hydrogen-bond acceptors (Lipinski definition) is 8. The molecule has 13 heteroatoms. The van der Waals surface area contributed by atoms with Crippen molar-refractivity contribution < 1.29 is 38.2 Å². The first-order chi connectivity index (χ1) is 20.0. The predicted octanol–water partition coefficient (Wildman–Crippen LogP) is 1.90. The first kappa shape index (κ1) is 33.9. The topological polar surface area (TPSA) is 186 Å². The van der Waals surface area contributed by atoms with E-state index in [1.165, 1.54) is 12.2 Å². The highest BCUT2D eigenvalue weighted by Crippen LogP contribution is 2.19. The Morgan fingerprint density at radius 3 is 2.24 bits per heavy atom. The van der Waals surface area contributed by atoms with Crippen LogP contribution in [-0.4, -0.2) is 79.5 Å². The van der Waals surface area contributed by atoms with Crippen LogP contribution in [0, 0.1) is 11.8 Å². The molecule has 1 aliphatic rings. The number of benzene rings is 1. The fraction of sp³-hybridized carbons (Fsp3) is 0.517. The molecule has 1 aliphatic heterocycles. The number of nitrogens with one attached hydrogen (secondary N) is 3. The number of nitrogens with zero attached hydrogens (tertiary/aromatic N) is 1. The van der Waals surface area contributed by atoms with Crippen molar-refractivity contribution in [2.75, 3.05) is 38.2 Å². The van der Waals surface area contributed by atoms with Gasteiger partial charge in [0.05, 0.1) is 25.8 Å². The van der Waals surface area contributed by atoms with Crippen LogP contribution in [0.3, 0.4) is 0 Å². The zero-order valence-corrected chi connectivity index (χ0v) is 24.4. The number of anilines is 1. The molecule has 0 spiro atoms. The van der Waals surface area contributed by atoms with Gasteiger partial charge in [-0.2, -0.15) is 0 Å². The largest absolute Gasteiger partial charge is 0.447 e.